The topological polar surface area (TPSA) is 96.5 Å². The third-order valence-corrected chi connectivity index (χ3v) is 5.65. The van der Waals surface area contributed by atoms with Gasteiger partial charge >= 0.3 is 0 Å². The molecule has 1 aliphatic carbocycles. The summed E-state index contributed by atoms with van der Waals surface area (Å²) in [4.78, 5) is 21.7. The lowest BCUT2D eigenvalue weighted by molar-refractivity contribution is -0.116. The summed E-state index contributed by atoms with van der Waals surface area (Å²) in [6.45, 7) is 0. The highest BCUT2D eigenvalue weighted by Crippen LogP contribution is 2.40. The van der Waals surface area contributed by atoms with Crippen LogP contribution in [0, 0.1) is 11.3 Å². The first-order valence-corrected chi connectivity index (χ1v) is 9.30. The molecular weight excluding hydrogens is 340 g/mol. The number of hydrogen-bond donors (Lipinski definition) is 1. The summed E-state index contributed by atoms with van der Waals surface area (Å²) in [5, 5.41) is 17.6. The van der Waals surface area contributed by atoms with Crippen LogP contribution < -0.4 is 5.32 Å². The minimum absolute atomic E-state index is 0.168. The number of fused-ring (bicyclic) bond motifs is 2. The third kappa shape index (κ3) is 2.40. The lowest BCUT2D eigenvalue weighted by Gasteiger charge is -2.22. The number of amides is 1. The zero-order chi connectivity index (χ0) is 18.4. The van der Waals surface area contributed by atoms with Crippen molar-refractivity contribution in [1.29, 1.82) is 5.26 Å². The summed E-state index contributed by atoms with van der Waals surface area (Å²) in [6, 6.07) is 7.88. The maximum atomic E-state index is 12.7. The first kappa shape index (κ1) is 15.9. The van der Waals surface area contributed by atoms with Gasteiger partial charge in [0.15, 0.2) is 5.65 Å². The fourth-order valence-corrected chi connectivity index (χ4v) is 4.35. The van der Waals surface area contributed by atoms with Crippen molar-refractivity contribution < 1.29 is 4.79 Å². The van der Waals surface area contributed by atoms with Crippen LogP contribution in [0.3, 0.4) is 0 Å². The van der Waals surface area contributed by atoms with Gasteiger partial charge < -0.3 is 5.32 Å². The van der Waals surface area contributed by atoms with Gasteiger partial charge in [0.2, 0.25) is 5.91 Å². The molecule has 3 heterocycles. The van der Waals surface area contributed by atoms with Crippen LogP contribution in [0.15, 0.2) is 30.7 Å². The van der Waals surface area contributed by atoms with E-state index in [1.54, 1.807) is 18.3 Å². The molecule has 3 aromatic rings. The first-order chi connectivity index (χ1) is 13.3. The molecule has 1 N–H and O–H groups in total. The predicted molar refractivity (Wildman–Crippen MR) is 99.1 cm³/mol. The number of benzene rings is 1. The quantitative estimate of drug-likeness (QED) is 0.758. The Labute approximate surface area is 156 Å². The van der Waals surface area contributed by atoms with Crippen LogP contribution in [-0.4, -0.2) is 25.7 Å². The molecule has 134 valence electrons. The maximum absolute atomic E-state index is 12.7. The molecule has 0 spiro atoms. The molecule has 1 aliphatic heterocycles. The van der Waals surface area contributed by atoms with E-state index < -0.39 is 5.92 Å². The second-order valence-electron chi connectivity index (χ2n) is 7.18. The number of carbonyl (C=O) groups excluding carboxylic acids is 1. The van der Waals surface area contributed by atoms with Crippen molar-refractivity contribution in [1.82, 2.24) is 19.7 Å². The Hall–Kier alpha value is -3.27. The van der Waals surface area contributed by atoms with Crippen LogP contribution in [-0.2, 0) is 4.79 Å². The van der Waals surface area contributed by atoms with Crippen LogP contribution in [0.25, 0.3) is 11.0 Å². The van der Waals surface area contributed by atoms with Crippen molar-refractivity contribution in [3.8, 4) is 6.07 Å². The van der Waals surface area contributed by atoms with E-state index in [0.29, 0.717) is 23.0 Å². The van der Waals surface area contributed by atoms with Crippen LogP contribution in [0.5, 0.6) is 0 Å². The zero-order valence-corrected chi connectivity index (χ0v) is 14.7. The fourth-order valence-electron chi connectivity index (χ4n) is 4.35. The van der Waals surface area contributed by atoms with E-state index in [1.165, 1.54) is 25.6 Å². The van der Waals surface area contributed by atoms with Crippen molar-refractivity contribution >= 4 is 22.6 Å². The van der Waals surface area contributed by atoms with Gasteiger partial charge in [0, 0.05) is 0 Å². The molecule has 1 unspecified atom stereocenters. The number of nitrogens with zero attached hydrogens (tertiary/aromatic N) is 5. The number of aromatic nitrogens is 4. The van der Waals surface area contributed by atoms with E-state index in [0.717, 1.165) is 29.4 Å². The molecule has 2 aliphatic rings. The summed E-state index contributed by atoms with van der Waals surface area (Å²) in [6.07, 6.45) is 9.19. The van der Waals surface area contributed by atoms with Gasteiger partial charge in [0.1, 0.15) is 18.3 Å². The van der Waals surface area contributed by atoms with Crippen molar-refractivity contribution in [2.24, 2.45) is 0 Å². The molecule has 1 aromatic carbocycles. The van der Waals surface area contributed by atoms with E-state index >= 15 is 0 Å². The van der Waals surface area contributed by atoms with Crippen molar-refractivity contribution in [2.75, 3.05) is 5.32 Å². The predicted octanol–water partition coefficient (Wildman–Crippen LogP) is 3.29. The van der Waals surface area contributed by atoms with Crippen molar-refractivity contribution in [2.45, 2.75) is 44.1 Å². The minimum Gasteiger partial charge on any atom is -0.324 e. The standard InChI is InChI=1S/C20H18N6O/c21-9-12-5-4-8-14-16(20(27)25-17(12)14)18-15-10-24-26(19(15)23-11-22-18)13-6-2-1-3-7-13/h4-5,8,10-11,13,16H,1-3,6-7H2,(H,25,27). The number of carbonyl (C=O) groups is 1. The van der Waals surface area contributed by atoms with Gasteiger partial charge in [0.25, 0.3) is 0 Å². The Morgan fingerprint density at radius 2 is 2.04 bits per heavy atom. The van der Waals surface area contributed by atoms with Gasteiger partial charge in [-0.2, -0.15) is 10.4 Å². The molecule has 2 aromatic heterocycles. The number of para-hydroxylation sites is 1. The molecule has 0 saturated heterocycles. The van der Waals surface area contributed by atoms with Gasteiger partial charge in [-0.1, -0.05) is 31.4 Å². The van der Waals surface area contributed by atoms with Gasteiger partial charge in [-0.3, -0.25) is 4.79 Å². The highest BCUT2D eigenvalue weighted by atomic mass is 16.2. The average Bonchev–Trinajstić information content (AvgIpc) is 3.29. The van der Waals surface area contributed by atoms with Crippen LogP contribution in [0.1, 0.15) is 60.9 Å². The Balaban J connectivity index is 1.64. The molecule has 5 rings (SSSR count). The largest absolute Gasteiger partial charge is 0.324 e. The normalized spacial score (nSPS) is 19.7. The summed E-state index contributed by atoms with van der Waals surface area (Å²) in [7, 11) is 0. The summed E-state index contributed by atoms with van der Waals surface area (Å²) in [5.41, 5.74) is 3.26. The number of nitrogens with one attached hydrogen (secondary N) is 1. The number of hydrogen-bond acceptors (Lipinski definition) is 5. The summed E-state index contributed by atoms with van der Waals surface area (Å²) < 4.78 is 2.00. The molecule has 7 nitrogen and oxygen atoms in total. The monoisotopic (exact) mass is 358 g/mol. The van der Waals surface area contributed by atoms with Crippen LogP contribution >= 0.6 is 0 Å². The molecule has 1 fully saturated rings. The lowest BCUT2D eigenvalue weighted by atomic mass is 9.94. The molecule has 1 amide bonds. The Bertz CT molecular complexity index is 1090. The number of nitriles is 1. The summed E-state index contributed by atoms with van der Waals surface area (Å²) >= 11 is 0. The van der Waals surface area contributed by atoms with Crippen molar-refractivity contribution in [3.05, 3.63) is 47.5 Å². The Morgan fingerprint density at radius 3 is 2.85 bits per heavy atom. The van der Waals surface area contributed by atoms with Gasteiger partial charge in [0.05, 0.1) is 34.6 Å². The van der Waals surface area contributed by atoms with E-state index in [4.69, 9.17) is 0 Å². The number of rotatable bonds is 2. The maximum Gasteiger partial charge on any atom is 0.238 e. The molecule has 1 atom stereocenters. The molecule has 0 radical (unpaired) electrons. The SMILES string of the molecule is N#Cc1cccc2c1NC(=O)C2c1ncnc2c1cnn2C1CCCCC1. The average molecular weight is 358 g/mol. The van der Waals surface area contributed by atoms with E-state index in [-0.39, 0.29) is 5.91 Å². The lowest BCUT2D eigenvalue weighted by Crippen LogP contribution is -2.16. The smallest absolute Gasteiger partial charge is 0.238 e. The molecule has 27 heavy (non-hydrogen) atoms. The zero-order valence-electron chi connectivity index (χ0n) is 14.7. The van der Waals surface area contributed by atoms with E-state index in [2.05, 4.69) is 26.5 Å². The first-order valence-electron chi connectivity index (χ1n) is 9.30. The fraction of sp³-hybridized carbons (Fsp3) is 0.350. The highest BCUT2D eigenvalue weighted by Gasteiger charge is 2.36. The Kier molecular flexibility index (Phi) is 3.64. The molecule has 1 saturated carbocycles. The van der Waals surface area contributed by atoms with Crippen molar-refractivity contribution in [3.63, 3.8) is 0 Å². The highest BCUT2D eigenvalue weighted by molar-refractivity contribution is 6.07. The Morgan fingerprint density at radius 1 is 1.19 bits per heavy atom. The second-order valence-corrected chi connectivity index (χ2v) is 7.18. The molecule has 7 heteroatoms. The van der Waals surface area contributed by atoms with E-state index in [1.807, 2.05) is 10.7 Å². The molecular formula is C20H18N6O. The number of anilines is 1. The van der Waals surface area contributed by atoms with Crippen LogP contribution in [0.4, 0.5) is 5.69 Å². The van der Waals surface area contributed by atoms with Crippen LogP contribution in [0.2, 0.25) is 0 Å². The van der Waals surface area contributed by atoms with Gasteiger partial charge in [-0.25, -0.2) is 14.6 Å². The van der Waals surface area contributed by atoms with Gasteiger partial charge in [-0.15, -0.1) is 0 Å². The third-order valence-electron chi connectivity index (χ3n) is 5.65. The second kappa shape index (κ2) is 6.16. The van der Waals surface area contributed by atoms with E-state index in [9.17, 15) is 10.1 Å². The minimum atomic E-state index is -0.553. The summed E-state index contributed by atoms with van der Waals surface area (Å²) in [5.74, 6) is -0.721. The van der Waals surface area contributed by atoms with Gasteiger partial charge in [-0.05, 0) is 24.5 Å². The molecule has 0 bridgehead atoms.